The van der Waals surface area contributed by atoms with Crippen molar-refractivity contribution in [3.05, 3.63) is 18.0 Å². The van der Waals surface area contributed by atoms with Crippen molar-refractivity contribution >= 4 is 0 Å². The minimum atomic E-state index is -1.06. The molecule has 8 nitrogen and oxygen atoms in total. The van der Waals surface area contributed by atoms with E-state index in [1.54, 1.807) is 12.1 Å². The predicted octanol–water partition coefficient (Wildman–Crippen LogP) is 0.106. The molecular weight excluding hydrogens is 262 g/mol. The maximum atomic E-state index is 10.5. The van der Waals surface area contributed by atoms with Crippen LogP contribution in [0.4, 0.5) is 0 Å². The van der Waals surface area contributed by atoms with E-state index < -0.39 is 5.60 Å². The van der Waals surface area contributed by atoms with E-state index >= 15 is 0 Å². The molecule has 0 amide bonds. The van der Waals surface area contributed by atoms with Crippen LogP contribution in [0.1, 0.15) is 18.7 Å². The fourth-order valence-electron chi connectivity index (χ4n) is 2.12. The summed E-state index contributed by atoms with van der Waals surface area (Å²) < 4.78 is 10.1. The molecule has 1 fully saturated rings. The maximum Gasteiger partial charge on any atom is 0.259 e. The van der Waals surface area contributed by atoms with Gasteiger partial charge in [-0.3, -0.25) is 0 Å². The molecule has 106 valence electrons. The summed E-state index contributed by atoms with van der Waals surface area (Å²) >= 11 is 0. The highest BCUT2D eigenvalue weighted by molar-refractivity contribution is 5.47. The highest BCUT2D eigenvalue weighted by Gasteiger charge is 2.37. The largest absolute Gasteiger partial charge is 0.480 e. The number of hydrogen-bond donors (Lipinski definition) is 2. The molecule has 0 aliphatic carbocycles. The number of hydrogen-bond acceptors (Lipinski definition) is 8. The lowest BCUT2D eigenvalue weighted by Gasteiger charge is -2.28. The summed E-state index contributed by atoms with van der Waals surface area (Å²) in [5.74, 6) is 0.947. The molecule has 1 aliphatic rings. The number of ether oxygens (including phenoxy) is 1. The summed E-state index contributed by atoms with van der Waals surface area (Å²) in [5.41, 5.74) is -0.588. The van der Waals surface area contributed by atoms with Gasteiger partial charge in [0.2, 0.25) is 11.7 Å². The van der Waals surface area contributed by atoms with Crippen LogP contribution in [-0.4, -0.2) is 45.6 Å². The third kappa shape index (κ3) is 2.35. The summed E-state index contributed by atoms with van der Waals surface area (Å²) in [4.78, 5) is 4.23. The Kier molecular flexibility index (Phi) is 3.33. The van der Waals surface area contributed by atoms with Crippen LogP contribution in [0.2, 0.25) is 0 Å². The first-order chi connectivity index (χ1) is 9.71. The van der Waals surface area contributed by atoms with Crippen LogP contribution >= 0.6 is 0 Å². The van der Waals surface area contributed by atoms with Gasteiger partial charge in [0.1, 0.15) is 11.3 Å². The third-order valence-corrected chi connectivity index (χ3v) is 3.33. The van der Waals surface area contributed by atoms with E-state index in [9.17, 15) is 5.11 Å². The third-order valence-electron chi connectivity index (χ3n) is 3.33. The SMILES string of the molecule is COc1ccc(-c2noc(C3(O)CCNCC3)n2)nn1. The first kappa shape index (κ1) is 12.9. The quantitative estimate of drug-likeness (QED) is 0.814. The van der Waals surface area contributed by atoms with Crippen molar-refractivity contribution in [3.8, 4) is 17.4 Å². The van der Waals surface area contributed by atoms with Crippen molar-refractivity contribution < 1.29 is 14.4 Å². The summed E-state index contributed by atoms with van der Waals surface area (Å²) in [7, 11) is 1.52. The van der Waals surface area contributed by atoms with E-state index in [0.717, 1.165) is 13.1 Å². The van der Waals surface area contributed by atoms with Gasteiger partial charge in [0.25, 0.3) is 5.89 Å². The average molecular weight is 277 g/mol. The molecule has 0 spiro atoms. The molecule has 2 N–H and O–H groups in total. The molecule has 3 rings (SSSR count). The Morgan fingerprint density at radius 1 is 1.30 bits per heavy atom. The van der Waals surface area contributed by atoms with Crippen molar-refractivity contribution in [3.63, 3.8) is 0 Å². The molecule has 2 aromatic rings. The van der Waals surface area contributed by atoms with E-state index in [-0.39, 0.29) is 5.89 Å². The Morgan fingerprint density at radius 2 is 2.10 bits per heavy atom. The molecule has 0 radical (unpaired) electrons. The molecular formula is C12H15N5O3. The second-order valence-corrected chi connectivity index (χ2v) is 4.67. The van der Waals surface area contributed by atoms with Gasteiger partial charge in [-0.05, 0) is 32.0 Å². The first-order valence-corrected chi connectivity index (χ1v) is 6.37. The van der Waals surface area contributed by atoms with Crippen molar-refractivity contribution in [2.75, 3.05) is 20.2 Å². The molecule has 0 aromatic carbocycles. The predicted molar refractivity (Wildman–Crippen MR) is 67.9 cm³/mol. The number of methoxy groups -OCH3 is 1. The maximum absolute atomic E-state index is 10.5. The normalized spacial score (nSPS) is 17.9. The lowest BCUT2D eigenvalue weighted by Crippen LogP contribution is -2.39. The van der Waals surface area contributed by atoms with Gasteiger partial charge in [-0.1, -0.05) is 5.16 Å². The lowest BCUT2D eigenvalue weighted by atomic mass is 9.92. The zero-order valence-electron chi connectivity index (χ0n) is 11.0. The second kappa shape index (κ2) is 5.14. The van der Waals surface area contributed by atoms with Crippen molar-refractivity contribution in [2.45, 2.75) is 18.4 Å². The van der Waals surface area contributed by atoms with Gasteiger partial charge in [0, 0.05) is 6.07 Å². The van der Waals surface area contributed by atoms with Gasteiger partial charge in [-0.15, -0.1) is 10.2 Å². The van der Waals surface area contributed by atoms with Gasteiger partial charge in [-0.25, -0.2) is 0 Å². The fraction of sp³-hybridized carbons (Fsp3) is 0.500. The average Bonchev–Trinajstić information content (AvgIpc) is 2.99. The molecule has 0 saturated carbocycles. The fourth-order valence-corrected chi connectivity index (χ4v) is 2.12. The summed E-state index contributed by atoms with van der Waals surface area (Å²) in [5, 5.41) is 25.3. The Hall–Kier alpha value is -2.06. The Bertz CT molecular complexity index is 577. The molecule has 0 unspecified atom stereocenters. The Balaban J connectivity index is 1.85. The van der Waals surface area contributed by atoms with E-state index in [1.807, 2.05) is 0 Å². The molecule has 1 saturated heterocycles. The van der Waals surface area contributed by atoms with Crippen molar-refractivity contribution in [1.29, 1.82) is 0 Å². The second-order valence-electron chi connectivity index (χ2n) is 4.67. The summed E-state index contributed by atoms with van der Waals surface area (Å²) in [6, 6.07) is 3.35. The summed E-state index contributed by atoms with van der Waals surface area (Å²) in [6.45, 7) is 1.44. The van der Waals surface area contributed by atoms with Gasteiger partial charge in [0.15, 0.2) is 0 Å². The molecule has 8 heteroatoms. The minimum absolute atomic E-state index is 0.228. The van der Waals surface area contributed by atoms with Crippen LogP contribution < -0.4 is 10.1 Å². The lowest BCUT2D eigenvalue weighted by molar-refractivity contribution is -0.0228. The zero-order chi connectivity index (χ0) is 14.0. The molecule has 2 aromatic heterocycles. The van der Waals surface area contributed by atoms with Crippen LogP contribution in [0.25, 0.3) is 11.5 Å². The van der Waals surface area contributed by atoms with Gasteiger partial charge in [-0.2, -0.15) is 4.98 Å². The number of aromatic nitrogens is 4. The van der Waals surface area contributed by atoms with Gasteiger partial charge >= 0.3 is 0 Å². The van der Waals surface area contributed by atoms with Crippen LogP contribution in [-0.2, 0) is 5.60 Å². The van der Waals surface area contributed by atoms with Crippen LogP contribution in [0, 0.1) is 0 Å². The standard InChI is InChI=1S/C12H15N5O3/c1-19-9-3-2-8(15-16-9)10-14-11(20-17-10)12(18)4-6-13-7-5-12/h2-3,13,18H,4-7H2,1H3. The van der Waals surface area contributed by atoms with E-state index in [0.29, 0.717) is 30.2 Å². The zero-order valence-corrected chi connectivity index (χ0v) is 11.0. The number of nitrogens with zero attached hydrogens (tertiary/aromatic N) is 4. The van der Waals surface area contributed by atoms with Crippen LogP contribution in [0.5, 0.6) is 5.88 Å². The molecule has 20 heavy (non-hydrogen) atoms. The van der Waals surface area contributed by atoms with Gasteiger partial charge < -0.3 is 19.7 Å². The van der Waals surface area contributed by atoms with E-state index in [2.05, 4.69) is 25.7 Å². The smallest absolute Gasteiger partial charge is 0.259 e. The number of piperidine rings is 1. The Morgan fingerprint density at radius 3 is 2.75 bits per heavy atom. The van der Waals surface area contributed by atoms with Crippen LogP contribution in [0.3, 0.4) is 0 Å². The number of aliphatic hydroxyl groups is 1. The minimum Gasteiger partial charge on any atom is -0.480 e. The van der Waals surface area contributed by atoms with Gasteiger partial charge in [0.05, 0.1) is 7.11 Å². The number of rotatable bonds is 3. The van der Waals surface area contributed by atoms with E-state index in [4.69, 9.17) is 9.26 Å². The highest BCUT2D eigenvalue weighted by atomic mass is 16.5. The molecule has 0 atom stereocenters. The van der Waals surface area contributed by atoms with Crippen molar-refractivity contribution in [1.82, 2.24) is 25.7 Å². The monoisotopic (exact) mass is 277 g/mol. The van der Waals surface area contributed by atoms with Crippen molar-refractivity contribution in [2.24, 2.45) is 0 Å². The van der Waals surface area contributed by atoms with Crippen LogP contribution in [0.15, 0.2) is 16.7 Å². The van der Waals surface area contributed by atoms with E-state index in [1.165, 1.54) is 7.11 Å². The topological polar surface area (TPSA) is 106 Å². The molecule has 3 heterocycles. The highest BCUT2D eigenvalue weighted by Crippen LogP contribution is 2.30. The Labute approximate surface area is 115 Å². The summed E-state index contributed by atoms with van der Waals surface area (Å²) in [6.07, 6.45) is 1.09. The molecule has 0 bridgehead atoms. The first-order valence-electron chi connectivity index (χ1n) is 6.37. The number of nitrogens with one attached hydrogen (secondary N) is 1. The molecule has 1 aliphatic heterocycles.